The van der Waals surface area contributed by atoms with Gasteiger partial charge in [0.2, 0.25) is 0 Å². The molecule has 1 amide bonds. The zero-order valence-electron chi connectivity index (χ0n) is 14.1. The molecule has 2 aromatic heterocycles. The van der Waals surface area contributed by atoms with Gasteiger partial charge in [-0.25, -0.2) is 4.98 Å². The molecule has 0 atom stereocenters. The minimum Gasteiger partial charge on any atom is -0.441 e. The number of carbonyl (C=O) groups is 1. The maximum atomic E-state index is 12.8. The largest absolute Gasteiger partial charge is 0.441 e. The van der Waals surface area contributed by atoms with E-state index in [2.05, 4.69) is 27.1 Å². The summed E-state index contributed by atoms with van der Waals surface area (Å²) in [6.45, 7) is 1.80. The van der Waals surface area contributed by atoms with E-state index in [0.29, 0.717) is 22.7 Å². The van der Waals surface area contributed by atoms with Crippen molar-refractivity contribution in [1.82, 2.24) is 4.98 Å². The molecule has 0 fully saturated rings. The number of benzene rings is 2. The van der Waals surface area contributed by atoms with Gasteiger partial charge in [-0.05, 0) is 52.7 Å². The van der Waals surface area contributed by atoms with E-state index in [1.807, 2.05) is 42.5 Å². The predicted molar refractivity (Wildman–Crippen MR) is 107 cm³/mol. The van der Waals surface area contributed by atoms with Crippen LogP contribution < -0.4 is 5.32 Å². The summed E-state index contributed by atoms with van der Waals surface area (Å²) >= 11 is 3.35. The van der Waals surface area contributed by atoms with E-state index in [-0.39, 0.29) is 5.91 Å². The Morgan fingerprint density at radius 2 is 2.12 bits per heavy atom. The molecule has 0 spiro atoms. The summed E-state index contributed by atoms with van der Waals surface area (Å²) in [4.78, 5) is 18.0. The number of amides is 1. The molecule has 0 bridgehead atoms. The average molecular weight is 380 g/mol. The van der Waals surface area contributed by atoms with Crippen LogP contribution in [0.1, 0.15) is 21.8 Å². The number of aromatic nitrogens is 1. The molecule has 0 unspecified atom stereocenters. The molecule has 2 heterocycles. The lowest BCUT2D eigenvalue weighted by Crippen LogP contribution is -2.12. The van der Waals surface area contributed by atoms with Gasteiger partial charge in [0.25, 0.3) is 5.91 Å². The van der Waals surface area contributed by atoms with Crippen LogP contribution in [0.2, 0.25) is 0 Å². The fourth-order valence-electron chi connectivity index (χ4n) is 2.63. The average Bonchev–Trinajstić information content (AvgIpc) is 3.28. The summed E-state index contributed by atoms with van der Waals surface area (Å²) in [5, 5.41) is 7.16. The number of nitrogens with zero attached hydrogens (tertiary/aromatic N) is 1. The molecule has 0 aliphatic rings. The lowest BCUT2D eigenvalue weighted by atomic mass is 10.2. The maximum Gasteiger partial charge on any atom is 0.256 e. The Balaban J connectivity index is 1.53. The van der Waals surface area contributed by atoms with Crippen molar-refractivity contribution in [1.29, 1.82) is 0 Å². The summed E-state index contributed by atoms with van der Waals surface area (Å²) in [6.07, 6.45) is 0. The fourth-order valence-corrected chi connectivity index (χ4v) is 4.40. The van der Waals surface area contributed by atoms with Crippen LogP contribution in [0.3, 0.4) is 0 Å². The van der Waals surface area contributed by atoms with Gasteiger partial charge in [0, 0.05) is 23.3 Å². The number of aryl methyl sites for hydroxylation is 1. The van der Waals surface area contributed by atoms with Gasteiger partial charge in [-0.15, -0.1) is 11.8 Å². The summed E-state index contributed by atoms with van der Waals surface area (Å²) in [5.41, 5.74) is 4.09. The lowest BCUT2D eigenvalue weighted by Gasteiger charge is -2.09. The zero-order valence-corrected chi connectivity index (χ0v) is 15.7. The molecule has 130 valence electrons. The Morgan fingerprint density at radius 3 is 2.96 bits per heavy atom. The van der Waals surface area contributed by atoms with Gasteiger partial charge < -0.3 is 9.73 Å². The smallest absolute Gasteiger partial charge is 0.256 e. The fraction of sp³-hybridized carbons (Fsp3) is 0.100. The van der Waals surface area contributed by atoms with Crippen molar-refractivity contribution in [2.45, 2.75) is 17.6 Å². The standard InChI is InChI=1S/C20H16N2O2S2/c1-13-21-17-10-15(6-7-18(17)24-13)22-20(23)16-4-2-3-5-19(16)26-12-14-8-9-25-11-14/h2-11H,12H2,1H3,(H,22,23). The second-order valence-corrected chi connectivity index (χ2v) is 7.58. The van der Waals surface area contributed by atoms with Crippen molar-refractivity contribution in [2.75, 3.05) is 5.32 Å². The van der Waals surface area contributed by atoms with E-state index in [0.717, 1.165) is 16.2 Å². The molecular weight excluding hydrogens is 364 g/mol. The van der Waals surface area contributed by atoms with Crippen LogP contribution in [0, 0.1) is 6.92 Å². The molecule has 0 aliphatic carbocycles. The minimum atomic E-state index is -0.127. The number of thiophene rings is 1. The highest BCUT2D eigenvalue weighted by molar-refractivity contribution is 7.98. The first-order valence-corrected chi connectivity index (χ1v) is 10.0. The molecule has 6 heteroatoms. The number of rotatable bonds is 5. The SMILES string of the molecule is Cc1nc2cc(NC(=O)c3ccccc3SCc3ccsc3)ccc2o1. The number of hydrogen-bond donors (Lipinski definition) is 1. The van der Waals surface area contributed by atoms with Gasteiger partial charge in [-0.2, -0.15) is 11.3 Å². The number of anilines is 1. The van der Waals surface area contributed by atoms with E-state index in [4.69, 9.17) is 4.42 Å². The third-order valence-corrected chi connectivity index (χ3v) is 5.74. The first-order valence-electron chi connectivity index (χ1n) is 8.10. The molecule has 2 aromatic carbocycles. The normalized spacial score (nSPS) is 11.0. The molecule has 0 radical (unpaired) electrons. The number of carbonyl (C=O) groups excluding carboxylic acids is 1. The van der Waals surface area contributed by atoms with Crippen LogP contribution in [0.25, 0.3) is 11.1 Å². The second-order valence-electron chi connectivity index (χ2n) is 5.79. The Labute approximate surface area is 159 Å². The van der Waals surface area contributed by atoms with Crippen molar-refractivity contribution in [3.63, 3.8) is 0 Å². The molecular formula is C20H16N2O2S2. The first-order chi connectivity index (χ1) is 12.7. The van der Waals surface area contributed by atoms with Crippen LogP contribution >= 0.6 is 23.1 Å². The third-order valence-electron chi connectivity index (χ3n) is 3.86. The van der Waals surface area contributed by atoms with Gasteiger partial charge in [0.1, 0.15) is 5.52 Å². The highest BCUT2D eigenvalue weighted by atomic mass is 32.2. The summed E-state index contributed by atoms with van der Waals surface area (Å²) in [7, 11) is 0. The summed E-state index contributed by atoms with van der Waals surface area (Å²) in [6, 6.07) is 15.2. The van der Waals surface area contributed by atoms with Gasteiger partial charge in [-0.3, -0.25) is 4.79 Å². The highest BCUT2D eigenvalue weighted by Gasteiger charge is 2.13. The van der Waals surface area contributed by atoms with E-state index < -0.39 is 0 Å². The van der Waals surface area contributed by atoms with Crippen molar-refractivity contribution < 1.29 is 9.21 Å². The highest BCUT2D eigenvalue weighted by Crippen LogP contribution is 2.28. The minimum absolute atomic E-state index is 0.127. The van der Waals surface area contributed by atoms with Crippen molar-refractivity contribution in [3.05, 3.63) is 76.3 Å². The molecule has 0 saturated heterocycles. The van der Waals surface area contributed by atoms with E-state index in [1.54, 1.807) is 30.0 Å². The molecule has 0 saturated carbocycles. The Morgan fingerprint density at radius 1 is 1.23 bits per heavy atom. The molecule has 4 aromatic rings. The number of nitrogens with one attached hydrogen (secondary N) is 1. The molecule has 4 nitrogen and oxygen atoms in total. The lowest BCUT2D eigenvalue weighted by molar-refractivity contribution is 0.102. The monoisotopic (exact) mass is 380 g/mol. The summed E-state index contributed by atoms with van der Waals surface area (Å²) in [5.74, 6) is 1.33. The zero-order chi connectivity index (χ0) is 17.9. The molecule has 4 rings (SSSR count). The third kappa shape index (κ3) is 3.66. The van der Waals surface area contributed by atoms with E-state index >= 15 is 0 Å². The van der Waals surface area contributed by atoms with Crippen LogP contribution in [0.15, 0.2) is 68.6 Å². The van der Waals surface area contributed by atoms with Crippen molar-refractivity contribution >= 4 is 45.8 Å². The van der Waals surface area contributed by atoms with E-state index in [9.17, 15) is 4.79 Å². The summed E-state index contributed by atoms with van der Waals surface area (Å²) < 4.78 is 5.47. The molecule has 1 N–H and O–H groups in total. The number of hydrogen-bond acceptors (Lipinski definition) is 5. The van der Waals surface area contributed by atoms with E-state index in [1.165, 1.54) is 5.56 Å². The number of fused-ring (bicyclic) bond motifs is 1. The Kier molecular flexibility index (Phi) is 4.77. The molecule has 0 aliphatic heterocycles. The second kappa shape index (κ2) is 7.35. The topological polar surface area (TPSA) is 55.1 Å². The van der Waals surface area contributed by atoms with Crippen LogP contribution in [-0.2, 0) is 5.75 Å². The van der Waals surface area contributed by atoms with Gasteiger partial charge in [-0.1, -0.05) is 12.1 Å². The Bertz CT molecular complexity index is 1050. The first kappa shape index (κ1) is 16.9. The van der Waals surface area contributed by atoms with Gasteiger partial charge in [0.05, 0.1) is 5.56 Å². The molecule has 26 heavy (non-hydrogen) atoms. The van der Waals surface area contributed by atoms with Crippen molar-refractivity contribution in [2.24, 2.45) is 0 Å². The van der Waals surface area contributed by atoms with Crippen LogP contribution in [0.4, 0.5) is 5.69 Å². The maximum absolute atomic E-state index is 12.8. The van der Waals surface area contributed by atoms with Crippen LogP contribution in [0.5, 0.6) is 0 Å². The van der Waals surface area contributed by atoms with Crippen molar-refractivity contribution in [3.8, 4) is 0 Å². The number of thioether (sulfide) groups is 1. The number of oxazole rings is 1. The quantitative estimate of drug-likeness (QED) is 0.448. The van der Waals surface area contributed by atoms with Crippen LogP contribution in [-0.4, -0.2) is 10.9 Å². The van der Waals surface area contributed by atoms with Gasteiger partial charge >= 0.3 is 0 Å². The Hall–Kier alpha value is -2.57. The predicted octanol–water partition coefficient (Wildman–Crippen LogP) is 5.74. The van der Waals surface area contributed by atoms with Gasteiger partial charge in [0.15, 0.2) is 11.5 Å².